The van der Waals surface area contributed by atoms with Crippen molar-refractivity contribution in [3.8, 4) is 0 Å². The van der Waals surface area contributed by atoms with E-state index in [1.54, 1.807) is 36.4 Å². The van der Waals surface area contributed by atoms with Crippen LogP contribution >= 0.6 is 0 Å². The number of anilines is 1. The van der Waals surface area contributed by atoms with Gasteiger partial charge in [-0.15, -0.1) is 0 Å². The Labute approximate surface area is 179 Å². The Hall–Kier alpha value is -3.71. The van der Waals surface area contributed by atoms with Gasteiger partial charge in [-0.3, -0.25) is 9.59 Å². The first-order chi connectivity index (χ1) is 15.1. The van der Waals surface area contributed by atoms with Crippen molar-refractivity contribution in [3.63, 3.8) is 0 Å². The van der Waals surface area contributed by atoms with Gasteiger partial charge in [-0.2, -0.15) is 10.2 Å². The lowest BCUT2D eigenvalue weighted by molar-refractivity contribution is -0.121. The topological polar surface area (TPSA) is 74.1 Å². The molecular formula is C24H21FN4O2. The number of carbonyl (C=O) groups is 2. The number of carbonyl (C=O) groups excluding carboxylic acids is 2. The van der Waals surface area contributed by atoms with E-state index >= 15 is 0 Å². The molecule has 3 aromatic carbocycles. The summed E-state index contributed by atoms with van der Waals surface area (Å²) in [6.07, 6.45) is 0.747. The maximum atomic E-state index is 13.0. The van der Waals surface area contributed by atoms with Crippen molar-refractivity contribution in [3.05, 3.63) is 90.2 Å². The van der Waals surface area contributed by atoms with Crippen molar-refractivity contribution >= 4 is 28.9 Å². The fraction of sp³-hybridized carbons (Fsp3) is 0.167. The number of nitrogens with zero attached hydrogens (tertiary/aromatic N) is 3. The summed E-state index contributed by atoms with van der Waals surface area (Å²) in [7, 11) is 0. The molecule has 0 aliphatic carbocycles. The van der Waals surface area contributed by atoms with E-state index in [9.17, 15) is 14.0 Å². The van der Waals surface area contributed by atoms with Crippen LogP contribution < -0.4 is 10.2 Å². The molecule has 1 atom stereocenters. The van der Waals surface area contributed by atoms with Crippen LogP contribution in [0.4, 0.5) is 21.5 Å². The fourth-order valence-electron chi connectivity index (χ4n) is 3.38. The summed E-state index contributed by atoms with van der Waals surface area (Å²) in [5.74, 6) is -0.804. The van der Waals surface area contributed by atoms with Crippen LogP contribution in [-0.4, -0.2) is 24.4 Å². The summed E-state index contributed by atoms with van der Waals surface area (Å²) in [4.78, 5) is 26.4. The van der Waals surface area contributed by atoms with Gasteiger partial charge in [0.05, 0.1) is 29.5 Å². The van der Waals surface area contributed by atoms with Crippen LogP contribution in [0, 0.1) is 5.82 Å². The predicted molar refractivity (Wildman–Crippen MR) is 116 cm³/mol. The Bertz CT molecular complexity index is 1080. The Morgan fingerprint density at radius 3 is 2.19 bits per heavy atom. The molecule has 1 heterocycles. The third kappa shape index (κ3) is 5.07. The normalized spacial score (nSPS) is 16.4. The van der Waals surface area contributed by atoms with E-state index in [0.29, 0.717) is 24.3 Å². The molecule has 6 nitrogen and oxygen atoms in total. The van der Waals surface area contributed by atoms with Crippen molar-refractivity contribution in [1.82, 2.24) is 5.32 Å². The quantitative estimate of drug-likeness (QED) is 0.448. The minimum atomic E-state index is -0.564. The molecule has 2 amide bonds. The SMILES string of the molecule is O=C1CC(NCCc2ccc(F)cc2)C(=O)N1c1ccc(N=Nc2ccccc2)cc1. The van der Waals surface area contributed by atoms with E-state index in [-0.39, 0.29) is 24.1 Å². The van der Waals surface area contributed by atoms with Gasteiger partial charge in [0.1, 0.15) is 5.82 Å². The summed E-state index contributed by atoms with van der Waals surface area (Å²) in [5.41, 5.74) is 2.84. The zero-order valence-electron chi connectivity index (χ0n) is 16.7. The highest BCUT2D eigenvalue weighted by Crippen LogP contribution is 2.26. The van der Waals surface area contributed by atoms with Gasteiger partial charge in [-0.25, -0.2) is 9.29 Å². The minimum Gasteiger partial charge on any atom is -0.305 e. The van der Waals surface area contributed by atoms with Gasteiger partial charge in [0, 0.05) is 0 Å². The van der Waals surface area contributed by atoms with E-state index in [4.69, 9.17) is 0 Å². The fourth-order valence-corrected chi connectivity index (χ4v) is 3.38. The van der Waals surface area contributed by atoms with Crippen LogP contribution in [-0.2, 0) is 16.0 Å². The zero-order chi connectivity index (χ0) is 21.6. The van der Waals surface area contributed by atoms with Gasteiger partial charge in [0.15, 0.2) is 0 Å². The molecule has 0 aromatic heterocycles. The molecule has 0 saturated carbocycles. The lowest BCUT2D eigenvalue weighted by Gasteiger charge is -2.15. The highest BCUT2D eigenvalue weighted by atomic mass is 19.1. The molecule has 1 N–H and O–H groups in total. The van der Waals surface area contributed by atoms with Crippen molar-refractivity contribution in [2.24, 2.45) is 10.2 Å². The predicted octanol–water partition coefficient (Wildman–Crippen LogP) is 4.71. The smallest absolute Gasteiger partial charge is 0.251 e. The van der Waals surface area contributed by atoms with Gasteiger partial charge in [0.2, 0.25) is 5.91 Å². The van der Waals surface area contributed by atoms with E-state index in [1.165, 1.54) is 17.0 Å². The first-order valence-electron chi connectivity index (χ1n) is 10.0. The summed E-state index contributed by atoms with van der Waals surface area (Å²) in [6.45, 7) is 0.516. The Kier molecular flexibility index (Phi) is 6.24. The number of benzene rings is 3. The molecule has 1 aliphatic rings. The lowest BCUT2D eigenvalue weighted by atomic mass is 10.1. The van der Waals surface area contributed by atoms with Gasteiger partial charge in [0.25, 0.3) is 5.91 Å². The molecule has 4 rings (SSSR count). The Morgan fingerprint density at radius 1 is 0.871 bits per heavy atom. The van der Waals surface area contributed by atoms with Crippen molar-refractivity contribution in [1.29, 1.82) is 0 Å². The molecule has 3 aromatic rings. The Balaban J connectivity index is 1.35. The van der Waals surface area contributed by atoms with Crippen molar-refractivity contribution in [2.45, 2.75) is 18.9 Å². The second-order valence-corrected chi connectivity index (χ2v) is 7.21. The van der Waals surface area contributed by atoms with Gasteiger partial charge >= 0.3 is 0 Å². The number of nitrogens with one attached hydrogen (secondary N) is 1. The van der Waals surface area contributed by atoms with Crippen molar-refractivity contribution < 1.29 is 14.0 Å². The first-order valence-corrected chi connectivity index (χ1v) is 10.0. The van der Waals surface area contributed by atoms with Crippen molar-refractivity contribution in [2.75, 3.05) is 11.4 Å². The van der Waals surface area contributed by atoms with Crippen LogP contribution in [0.1, 0.15) is 12.0 Å². The number of imide groups is 1. The molecule has 0 bridgehead atoms. The summed E-state index contributed by atoms with van der Waals surface area (Å²) in [6, 6.07) is 21.9. The molecule has 1 fully saturated rings. The number of azo groups is 1. The largest absolute Gasteiger partial charge is 0.305 e. The lowest BCUT2D eigenvalue weighted by Crippen LogP contribution is -2.39. The summed E-state index contributed by atoms with van der Waals surface area (Å²) < 4.78 is 13.0. The number of amides is 2. The minimum absolute atomic E-state index is 0.109. The zero-order valence-corrected chi connectivity index (χ0v) is 16.7. The molecule has 1 saturated heterocycles. The van der Waals surface area contributed by atoms with Crippen LogP contribution in [0.15, 0.2) is 89.1 Å². The number of hydrogen-bond acceptors (Lipinski definition) is 5. The number of rotatable bonds is 7. The molecule has 1 aliphatic heterocycles. The highest BCUT2D eigenvalue weighted by Gasteiger charge is 2.39. The van der Waals surface area contributed by atoms with E-state index in [1.807, 2.05) is 30.3 Å². The van der Waals surface area contributed by atoms with Crippen LogP contribution in [0.2, 0.25) is 0 Å². The average molecular weight is 416 g/mol. The molecule has 0 radical (unpaired) electrons. The number of halogens is 1. The Morgan fingerprint density at radius 2 is 1.52 bits per heavy atom. The summed E-state index contributed by atoms with van der Waals surface area (Å²) in [5, 5.41) is 11.5. The average Bonchev–Trinajstić information content (AvgIpc) is 3.08. The third-order valence-corrected chi connectivity index (χ3v) is 5.01. The molecule has 0 spiro atoms. The number of hydrogen-bond donors (Lipinski definition) is 1. The monoisotopic (exact) mass is 416 g/mol. The molecule has 156 valence electrons. The standard InChI is InChI=1S/C24H21FN4O2/c25-18-8-6-17(7-9-18)14-15-26-22-16-23(30)29(24(22)31)21-12-10-20(11-13-21)28-27-19-4-2-1-3-5-19/h1-13,22,26H,14-16H2. The molecule has 31 heavy (non-hydrogen) atoms. The molecular weight excluding hydrogens is 395 g/mol. The van der Waals surface area contributed by atoms with E-state index in [2.05, 4.69) is 15.5 Å². The second-order valence-electron chi connectivity index (χ2n) is 7.21. The maximum absolute atomic E-state index is 13.0. The first kappa shape index (κ1) is 20.6. The molecule has 1 unspecified atom stereocenters. The van der Waals surface area contributed by atoms with Gasteiger partial charge < -0.3 is 5.32 Å². The third-order valence-electron chi connectivity index (χ3n) is 5.01. The second kappa shape index (κ2) is 9.40. The summed E-state index contributed by atoms with van der Waals surface area (Å²) >= 11 is 0. The van der Waals surface area contributed by atoms with Crippen LogP contribution in [0.3, 0.4) is 0 Å². The van der Waals surface area contributed by atoms with Gasteiger partial charge in [-0.1, -0.05) is 30.3 Å². The van der Waals surface area contributed by atoms with Gasteiger partial charge in [-0.05, 0) is 67.1 Å². The van der Waals surface area contributed by atoms with Crippen LogP contribution in [0.25, 0.3) is 0 Å². The van der Waals surface area contributed by atoms with E-state index < -0.39 is 6.04 Å². The molecule has 7 heteroatoms. The highest BCUT2D eigenvalue weighted by molar-refractivity contribution is 6.22. The van der Waals surface area contributed by atoms with E-state index in [0.717, 1.165) is 11.3 Å². The maximum Gasteiger partial charge on any atom is 0.251 e. The van der Waals surface area contributed by atoms with Crippen LogP contribution in [0.5, 0.6) is 0 Å².